The number of furan rings is 1. The Morgan fingerprint density at radius 3 is 2.38 bits per heavy atom. The molecule has 2 aromatic rings. The molecule has 1 aromatic carbocycles. The molecular weight excluding hydrogens is 325 g/mol. The van der Waals surface area contributed by atoms with Crippen LogP contribution >= 0.6 is 0 Å². The Bertz CT molecular complexity index is 694. The third-order valence-electron chi connectivity index (χ3n) is 3.23. The van der Waals surface area contributed by atoms with Gasteiger partial charge in [0.1, 0.15) is 11.8 Å². The van der Waals surface area contributed by atoms with Gasteiger partial charge < -0.3 is 15.1 Å². The standard InChI is InChI=1S/C16H15F3N2O3/c1-10(14(22)20-9-13-3-2-8-24-13)21-15(23)11-4-6-12(7-5-11)16(17,18)19/h2-8,10H,9H2,1H3,(H,20,22)(H,21,23)/t10-/m0/s1. The van der Waals surface area contributed by atoms with E-state index in [0.717, 1.165) is 24.3 Å². The number of halogens is 3. The average Bonchev–Trinajstić information content (AvgIpc) is 3.05. The zero-order chi connectivity index (χ0) is 17.7. The van der Waals surface area contributed by atoms with Crippen LogP contribution in [0.15, 0.2) is 47.1 Å². The molecule has 0 aliphatic heterocycles. The van der Waals surface area contributed by atoms with Crippen LogP contribution in [0.5, 0.6) is 0 Å². The van der Waals surface area contributed by atoms with Crippen molar-refractivity contribution in [3.8, 4) is 0 Å². The predicted molar refractivity (Wildman–Crippen MR) is 78.9 cm³/mol. The second-order valence-corrected chi connectivity index (χ2v) is 5.07. The molecule has 128 valence electrons. The second-order valence-electron chi connectivity index (χ2n) is 5.07. The summed E-state index contributed by atoms with van der Waals surface area (Å²) in [4.78, 5) is 23.8. The lowest BCUT2D eigenvalue weighted by Crippen LogP contribution is -2.44. The number of carbonyl (C=O) groups is 2. The molecule has 0 saturated heterocycles. The fourth-order valence-electron chi connectivity index (χ4n) is 1.90. The van der Waals surface area contributed by atoms with E-state index in [-0.39, 0.29) is 12.1 Å². The van der Waals surface area contributed by atoms with Gasteiger partial charge in [-0.1, -0.05) is 0 Å². The number of hydrogen-bond donors (Lipinski definition) is 2. The number of nitrogens with one attached hydrogen (secondary N) is 2. The highest BCUT2D eigenvalue weighted by molar-refractivity contribution is 5.97. The van der Waals surface area contributed by atoms with E-state index in [4.69, 9.17) is 4.42 Å². The topological polar surface area (TPSA) is 71.3 Å². The van der Waals surface area contributed by atoms with Crippen molar-refractivity contribution in [2.45, 2.75) is 25.7 Å². The van der Waals surface area contributed by atoms with Gasteiger partial charge in [-0.3, -0.25) is 9.59 Å². The fourth-order valence-corrected chi connectivity index (χ4v) is 1.90. The molecule has 2 N–H and O–H groups in total. The highest BCUT2D eigenvalue weighted by atomic mass is 19.4. The second kappa shape index (κ2) is 7.20. The van der Waals surface area contributed by atoms with Gasteiger partial charge in [0.05, 0.1) is 18.4 Å². The molecule has 0 spiro atoms. The van der Waals surface area contributed by atoms with Crippen LogP contribution in [0.4, 0.5) is 13.2 Å². The molecule has 1 heterocycles. The minimum atomic E-state index is -4.46. The van der Waals surface area contributed by atoms with E-state index in [0.29, 0.717) is 5.76 Å². The minimum absolute atomic E-state index is 0.0358. The molecule has 0 radical (unpaired) electrons. The van der Waals surface area contributed by atoms with E-state index >= 15 is 0 Å². The van der Waals surface area contributed by atoms with Crippen LogP contribution in [-0.2, 0) is 17.5 Å². The third kappa shape index (κ3) is 4.61. The van der Waals surface area contributed by atoms with Crippen LogP contribution in [-0.4, -0.2) is 17.9 Å². The van der Waals surface area contributed by atoms with Crippen molar-refractivity contribution < 1.29 is 27.2 Å². The molecule has 2 rings (SSSR count). The third-order valence-corrected chi connectivity index (χ3v) is 3.23. The summed E-state index contributed by atoms with van der Waals surface area (Å²) in [6.45, 7) is 1.64. The highest BCUT2D eigenvalue weighted by Gasteiger charge is 2.30. The Morgan fingerprint density at radius 1 is 1.17 bits per heavy atom. The number of amides is 2. The van der Waals surface area contributed by atoms with Crippen molar-refractivity contribution in [1.82, 2.24) is 10.6 Å². The molecule has 0 aliphatic carbocycles. The Hall–Kier alpha value is -2.77. The maximum atomic E-state index is 12.5. The first-order valence-electron chi connectivity index (χ1n) is 7.05. The molecule has 1 atom stereocenters. The molecular formula is C16H15F3N2O3. The first-order valence-corrected chi connectivity index (χ1v) is 7.05. The van der Waals surface area contributed by atoms with Crippen LogP contribution in [0, 0.1) is 0 Å². The highest BCUT2D eigenvalue weighted by Crippen LogP contribution is 2.29. The first kappa shape index (κ1) is 17.6. The number of carbonyl (C=O) groups excluding carboxylic acids is 2. The maximum absolute atomic E-state index is 12.5. The average molecular weight is 340 g/mol. The SMILES string of the molecule is C[C@H](NC(=O)c1ccc(C(F)(F)F)cc1)C(=O)NCc1ccco1. The molecule has 8 heteroatoms. The molecule has 0 unspecified atom stereocenters. The zero-order valence-corrected chi connectivity index (χ0v) is 12.7. The molecule has 1 aromatic heterocycles. The molecule has 0 aliphatic rings. The van der Waals surface area contributed by atoms with E-state index in [1.54, 1.807) is 12.1 Å². The number of alkyl halides is 3. The molecule has 0 fully saturated rings. The van der Waals surface area contributed by atoms with Crippen molar-refractivity contribution in [2.24, 2.45) is 0 Å². The normalized spacial score (nSPS) is 12.5. The van der Waals surface area contributed by atoms with Crippen molar-refractivity contribution in [1.29, 1.82) is 0 Å². The number of rotatable bonds is 5. The smallest absolute Gasteiger partial charge is 0.416 e. The first-order chi connectivity index (χ1) is 11.3. The van der Waals surface area contributed by atoms with Crippen molar-refractivity contribution in [3.05, 3.63) is 59.5 Å². The summed E-state index contributed by atoms with van der Waals surface area (Å²) >= 11 is 0. The monoisotopic (exact) mass is 340 g/mol. The van der Waals surface area contributed by atoms with Crippen molar-refractivity contribution in [2.75, 3.05) is 0 Å². The van der Waals surface area contributed by atoms with Gasteiger partial charge >= 0.3 is 6.18 Å². The summed E-state index contributed by atoms with van der Waals surface area (Å²) in [5.41, 5.74) is -0.808. The van der Waals surface area contributed by atoms with Crippen LogP contribution in [0.3, 0.4) is 0 Å². The van der Waals surface area contributed by atoms with Gasteiger partial charge in [-0.2, -0.15) is 13.2 Å². The molecule has 24 heavy (non-hydrogen) atoms. The molecule has 0 saturated carbocycles. The Balaban J connectivity index is 1.89. The minimum Gasteiger partial charge on any atom is -0.467 e. The predicted octanol–water partition coefficient (Wildman–Crippen LogP) is 2.73. The van der Waals surface area contributed by atoms with Gasteiger partial charge in [0.2, 0.25) is 5.91 Å². The van der Waals surface area contributed by atoms with E-state index < -0.39 is 29.6 Å². The molecule has 5 nitrogen and oxygen atoms in total. The van der Waals surface area contributed by atoms with Gasteiger partial charge in [-0.15, -0.1) is 0 Å². The van der Waals surface area contributed by atoms with E-state index in [1.165, 1.54) is 13.2 Å². The summed E-state index contributed by atoms with van der Waals surface area (Å²) in [7, 11) is 0. The fraction of sp³-hybridized carbons (Fsp3) is 0.250. The lowest BCUT2D eigenvalue weighted by atomic mass is 10.1. The van der Waals surface area contributed by atoms with Crippen LogP contribution < -0.4 is 10.6 Å². The van der Waals surface area contributed by atoms with Gasteiger partial charge in [0.25, 0.3) is 5.91 Å². The van der Waals surface area contributed by atoms with E-state index in [2.05, 4.69) is 10.6 Å². The number of hydrogen-bond acceptors (Lipinski definition) is 3. The number of benzene rings is 1. The summed E-state index contributed by atoms with van der Waals surface area (Å²) < 4.78 is 42.5. The maximum Gasteiger partial charge on any atom is 0.416 e. The Labute approximate surface area is 135 Å². The summed E-state index contributed by atoms with van der Waals surface area (Å²) in [6.07, 6.45) is -2.99. The summed E-state index contributed by atoms with van der Waals surface area (Å²) in [5.74, 6) is -0.513. The Kier molecular flexibility index (Phi) is 5.28. The van der Waals surface area contributed by atoms with Crippen molar-refractivity contribution >= 4 is 11.8 Å². The lowest BCUT2D eigenvalue weighted by molar-refractivity contribution is -0.137. The van der Waals surface area contributed by atoms with Crippen LogP contribution in [0.25, 0.3) is 0 Å². The van der Waals surface area contributed by atoms with Crippen LogP contribution in [0.2, 0.25) is 0 Å². The quantitative estimate of drug-likeness (QED) is 0.879. The van der Waals surface area contributed by atoms with Crippen molar-refractivity contribution in [3.63, 3.8) is 0 Å². The largest absolute Gasteiger partial charge is 0.467 e. The van der Waals surface area contributed by atoms with Gasteiger partial charge in [0.15, 0.2) is 0 Å². The molecule has 2 amide bonds. The van der Waals surface area contributed by atoms with Crippen LogP contribution in [0.1, 0.15) is 28.6 Å². The Morgan fingerprint density at radius 2 is 1.83 bits per heavy atom. The van der Waals surface area contributed by atoms with Gasteiger partial charge in [-0.25, -0.2) is 0 Å². The summed E-state index contributed by atoms with van der Waals surface area (Å²) in [5, 5.41) is 5.00. The lowest BCUT2D eigenvalue weighted by Gasteiger charge is -2.14. The summed E-state index contributed by atoms with van der Waals surface area (Å²) in [6, 6.07) is 6.27. The van der Waals surface area contributed by atoms with Gasteiger partial charge in [0, 0.05) is 5.56 Å². The van der Waals surface area contributed by atoms with E-state index in [9.17, 15) is 22.8 Å². The van der Waals surface area contributed by atoms with E-state index in [1.807, 2.05) is 0 Å². The molecule has 0 bridgehead atoms. The van der Waals surface area contributed by atoms with Gasteiger partial charge in [-0.05, 0) is 43.3 Å². The zero-order valence-electron chi connectivity index (χ0n) is 12.7.